The van der Waals surface area contributed by atoms with Crippen LogP contribution in [0.1, 0.15) is 17.4 Å². The van der Waals surface area contributed by atoms with Crippen LogP contribution in [0.25, 0.3) is 0 Å². The minimum atomic E-state index is 0.252. The molecule has 1 aromatic heterocycles. The van der Waals surface area contributed by atoms with Gasteiger partial charge in [-0.1, -0.05) is 30.0 Å². The van der Waals surface area contributed by atoms with E-state index in [-0.39, 0.29) is 11.3 Å². The lowest BCUT2D eigenvalue weighted by molar-refractivity contribution is 0.264. The summed E-state index contributed by atoms with van der Waals surface area (Å²) in [7, 11) is 3.98. The third-order valence-electron chi connectivity index (χ3n) is 3.65. The molecule has 0 bridgehead atoms. The Morgan fingerprint density at radius 3 is 2.85 bits per heavy atom. The third-order valence-corrected chi connectivity index (χ3v) is 4.93. The Balaban J connectivity index is 1.86. The van der Waals surface area contributed by atoms with Gasteiger partial charge in [0.1, 0.15) is 18.2 Å². The average Bonchev–Trinajstić information content (AvgIpc) is 2.79. The van der Waals surface area contributed by atoms with Crippen molar-refractivity contribution in [2.75, 3.05) is 13.7 Å². The average molecular weight is 290 g/mol. The highest BCUT2D eigenvalue weighted by Gasteiger charge is 2.31. The fourth-order valence-electron chi connectivity index (χ4n) is 2.41. The highest BCUT2D eigenvalue weighted by molar-refractivity contribution is 7.99. The zero-order chi connectivity index (χ0) is 14.1. The molecular formula is C14H18N4OS. The van der Waals surface area contributed by atoms with E-state index in [2.05, 4.69) is 21.6 Å². The van der Waals surface area contributed by atoms with Crippen molar-refractivity contribution in [1.82, 2.24) is 20.1 Å². The van der Waals surface area contributed by atoms with Crippen LogP contribution in [0.4, 0.5) is 0 Å². The van der Waals surface area contributed by atoms with Gasteiger partial charge >= 0.3 is 0 Å². The van der Waals surface area contributed by atoms with E-state index in [4.69, 9.17) is 4.74 Å². The SMILES string of the molecule is CNC1c2ccccc2OCC1Sc1nnc(C)n1C. The summed E-state index contributed by atoms with van der Waals surface area (Å²) < 4.78 is 7.88. The molecule has 20 heavy (non-hydrogen) atoms. The summed E-state index contributed by atoms with van der Waals surface area (Å²) in [6.07, 6.45) is 0. The van der Waals surface area contributed by atoms with E-state index in [1.807, 2.05) is 43.8 Å². The fourth-order valence-corrected chi connectivity index (χ4v) is 3.61. The molecule has 3 rings (SSSR count). The summed E-state index contributed by atoms with van der Waals surface area (Å²) in [5.41, 5.74) is 1.21. The number of fused-ring (bicyclic) bond motifs is 1. The van der Waals surface area contributed by atoms with Crippen molar-refractivity contribution in [3.05, 3.63) is 35.7 Å². The normalized spacial score (nSPS) is 21.4. The molecule has 1 aromatic carbocycles. The lowest BCUT2D eigenvalue weighted by atomic mass is 10.0. The predicted octanol–water partition coefficient (Wildman–Crippen LogP) is 1.94. The highest BCUT2D eigenvalue weighted by atomic mass is 32.2. The molecule has 1 aliphatic rings. The summed E-state index contributed by atoms with van der Waals surface area (Å²) in [6.45, 7) is 2.62. The Labute approximate surface area is 122 Å². The molecule has 0 spiro atoms. The van der Waals surface area contributed by atoms with Crippen LogP contribution in [0, 0.1) is 6.92 Å². The van der Waals surface area contributed by atoms with Gasteiger partial charge in [-0.25, -0.2) is 0 Å². The number of ether oxygens (including phenoxy) is 1. The number of aromatic nitrogens is 3. The van der Waals surface area contributed by atoms with Crippen LogP contribution in [-0.2, 0) is 7.05 Å². The molecule has 0 aliphatic carbocycles. The van der Waals surface area contributed by atoms with Gasteiger partial charge in [-0.05, 0) is 20.0 Å². The third kappa shape index (κ3) is 2.29. The molecule has 0 saturated carbocycles. The number of thioether (sulfide) groups is 1. The molecule has 0 amide bonds. The summed E-state index contributed by atoms with van der Waals surface area (Å²) in [6, 6.07) is 8.44. The molecule has 6 heteroatoms. The van der Waals surface area contributed by atoms with Crippen molar-refractivity contribution in [2.24, 2.45) is 7.05 Å². The Bertz CT molecular complexity index is 613. The first-order chi connectivity index (χ1) is 9.70. The Morgan fingerprint density at radius 2 is 2.15 bits per heavy atom. The van der Waals surface area contributed by atoms with Crippen LogP contribution in [-0.4, -0.2) is 33.7 Å². The maximum Gasteiger partial charge on any atom is 0.191 e. The van der Waals surface area contributed by atoms with Gasteiger partial charge in [0.15, 0.2) is 5.16 Å². The van der Waals surface area contributed by atoms with Gasteiger partial charge in [-0.3, -0.25) is 0 Å². The van der Waals surface area contributed by atoms with Gasteiger partial charge < -0.3 is 14.6 Å². The summed E-state index contributed by atoms with van der Waals surface area (Å²) >= 11 is 1.71. The van der Waals surface area contributed by atoms with Gasteiger partial charge in [-0.2, -0.15) is 0 Å². The number of hydrogen-bond donors (Lipinski definition) is 1. The van der Waals surface area contributed by atoms with E-state index in [0.717, 1.165) is 16.7 Å². The van der Waals surface area contributed by atoms with Gasteiger partial charge in [0.2, 0.25) is 0 Å². The molecule has 2 heterocycles. The first-order valence-electron chi connectivity index (χ1n) is 6.62. The first-order valence-corrected chi connectivity index (χ1v) is 7.50. The number of hydrogen-bond acceptors (Lipinski definition) is 5. The van der Waals surface area contributed by atoms with E-state index >= 15 is 0 Å². The van der Waals surface area contributed by atoms with Crippen LogP contribution in [0.2, 0.25) is 0 Å². The van der Waals surface area contributed by atoms with Crippen molar-refractivity contribution >= 4 is 11.8 Å². The van der Waals surface area contributed by atoms with Crippen LogP contribution >= 0.6 is 11.8 Å². The molecule has 2 atom stereocenters. The minimum absolute atomic E-state index is 0.252. The standard InChI is InChI=1S/C14H18N4OS/c1-9-16-17-14(18(9)3)20-12-8-19-11-7-5-4-6-10(11)13(12)15-2/h4-7,12-13,15H,8H2,1-3H3. The number of nitrogens with one attached hydrogen (secondary N) is 1. The van der Waals surface area contributed by atoms with E-state index in [1.165, 1.54) is 5.56 Å². The molecule has 1 aliphatic heterocycles. The van der Waals surface area contributed by atoms with Gasteiger partial charge in [0, 0.05) is 12.6 Å². The molecule has 0 fully saturated rings. The van der Waals surface area contributed by atoms with Crippen LogP contribution in [0.15, 0.2) is 29.4 Å². The van der Waals surface area contributed by atoms with Crippen molar-refractivity contribution in [3.8, 4) is 5.75 Å². The minimum Gasteiger partial charge on any atom is -0.492 e. The molecule has 0 saturated heterocycles. The summed E-state index contributed by atoms with van der Waals surface area (Å²) in [4.78, 5) is 0. The predicted molar refractivity (Wildman–Crippen MR) is 79.1 cm³/mol. The van der Waals surface area contributed by atoms with Crippen molar-refractivity contribution in [2.45, 2.75) is 23.4 Å². The molecule has 2 unspecified atom stereocenters. The largest absolute Gasteiger partial charge is 0.492 e. The van der Waals surface area contributed by atoms with Crippen LogP contribution in [0.3, 0.4) is 0 Å². The van der Waals surface area contributed by atoms with Crippen molar-refractivity contribution in [3.63, 3.8) is 0 Å². The summed E-state index contributed by atoms with van der Waals surface area (Å²) in [5, 5.41) is 12.9. The van der Waals surface area contributed by atoms with Crippen LogP contribution in [0.5, 0.6) is 5.75 Å². The second-order valence-corrected chi connectivity index (χ2v) is 6.07. The zero-order valence-corrected chi connectivity index (χ0v) is 12.6. The molecule has 2 aromatic rings. The Hall–Kier alpha value is -1.53. The molecule has 5 nitrogen and oxygen atoms in total. The number of nitrogens with zero attached hydrogens (tertiary/aromatic N) is 3. The lowest BCUT2D eigenvalue weighted by Crippen LogP contribution is -2.36. The number of aryl methyl sites for hydroxylation is 1. The molecule has 0 radical (unpaired) electrons. The van der Waals surface area contributed by atoms with Gasteiger partial charge in [-0.15, -0.1) is 10.2 Å². The van der Waals surface area contributed by atoms with E-state index in [1.54, 1.807) is 11.8 Å². The molecule has 1 N–H and O–H groups in total. The van der Waals surface area contributed by atoms with E-state index in [0.29, 0.717) is 6.61 Å². The van der Waals surface area contributed by atoms with E-state index in [9.17, 15) is 0 Å². The number of benzene rings is 1. The second-order valence-electron chi connectivity index (χ2n) is 4.86. The maximum absolute atomic E-state index is 5.87. The topological polar surface area (TPSA) is 52.0 Å². The van der Waals surface area contributed by atoms with E-state index < -0.39 is 0 Å². The first kappa shape index (κ1) is 13.5. The second kappa shape index (κ2) is 5.46. The summed E-state index contributed by atoms with van der Waals surface area (Å²) in [5.74, 6) is 1.89. The van der Waals surface area contributed by atoms with Gasteiger partial charge in [0.25, 0.3) is 0 Å². The number of rotatable bonds is 3. The van der Waals surface area contributed by atoms with Crippen LogP contribution < -0.4 is 10.1 Å². The van der Waals surface area contributed by atoms with Crippen molar-refractivity contribution in [1.29, 1.82) is 0 Å². The maximum atomic E-state index is 5.87. The Morgan fingerprint density at radius 1 is 1.35 bits per heavy atom. The lowest BCUT2D eigenvalue weighted by Gasteiger charge is -2.32. The van der Waals surface area contributed by atoms with Crippen molar-refractivity contribution < 1.29 is 4.74 Å². The Kier molecular flexibility index (Phi) is 3.67. The number of para-hydroxylation sites is 1. The quantitative estimate of drug-likeness (QED) is 0.936. The highest BCUT2D eigenvalue weighted by Crippen LogP contribution is 2.39. The molecule has 106 valence electrons. The zero-order valence-electron chi connectivity index (χ0n) is 11.8. The fraction of sp³-hybridized carbons (Fsp3) is 0.429. The molecular weight excluding hydrogens is 272 g/mol. The smallest absolute Gasteiger partial charge is 0.191 e. The monoisotopic (exact) mass is 290 g/mol. The van der Waals surface area contributed by atoms with Gasteiger partial charge in [0.05, 0.1) is 11.3 Å².